The monoisotopic (exact) mass is 196 g/mol. The van der Waals surface area contributed by atoms with E-state index in [4.69, 9.17) is 10.2 Å². The molecule has 13 heavy (non-hydrogen) atoms. The summed E-state index contributed by atoms with van der Waals surface area (Å²) in [7, 11) is 0. The van der Waals surface area contributed by atoms with Crippen LogP contribution in [0.25, 0.3) is 0 Å². The molecule has 0 fully saturated rings. The third-order valence-corrected chi connectivity index (χ3v) is 1.81. The fourth-order valence-electron chi connectivity index (χ4n) is 1.18. The molecule has 0 aromatic carbocycles. The van der Waals surface area contributed by atoms with Gasteiger partial charge in [-0.15, -0.1) is 0 Å². The number of aliphatic hydroxyl groups excluding tert-OH is 1. The average Bonchev–Trinajstić information content (AvgIpc) is 2.51. The molecule has 0 saturated carbocycles. The summed E-state index contributed by atoms with van der Waals surface area (Å²) in [6, 6.07) is -0.624. The summed E-state index contributed by atoms with van der Waals surface area (Å²) in [5.74, 6) is -0.905. The summed E-state index contributed by atoms with van der Waals surface area (Å²) in [4.78, 5) is 16.2. The van der Waals surface area contributed by atoms with E-state index < -0.39 is 12.0 Å². The topological polar surface area (TPSA) is 73.1 Å². The number of carboxylic acid groups (broad SMARTS) is 1. The van der Waals surface area contributed by atoms with Gasteiger partial charge in [0.15, 0.2) is 0 Å². The van der Waals surface area contributed by atoms with Gasteiger partial charge in [-0.2, -0.15) is 0 Å². The number of aliphatic carboxylic acids is 1. The van der Waals surface area contributed by atoms with E-state index in [0.717, 1.165) is 0 Å². The Bertz CT molecular complexity index is 198. The fourth-order valence-corrected chi connectivity index (χ4v) is 1.18. The van der Waals surface area contributed by atoms with Crippen LogP contribution in [-0.2, 0) is 4.79 Å². The zero-order chi connectivity index (χ0) is 8.97. The van der Waals surface area contributed by atoms with Crippen LogP contribution in [0.4, 0.5) is 0 Å². The molecule has 1 rings (SSSR count). The summed E-state index contributed by atoms with van der Waals surface area (Å²) >= 11 is 0. The van der Waals surface area contributed by atoms with Crippen molar-refractivity contribution in [2.75, 3.05) is 19.7 Å². The molecule has 1 heterocycles. The van der Waals surface area contributed by atoms with E-state index in [1.165, 1.54) is 6.34 Å². The first kappa shape index (κ1) is 12.9. The predicted molar refractivity (Wildman–Crippen MR) is 50.3 cm³/mol. The summed E-state index contributed by atoms with van der Waals surface area (Å²) in [5.41, 5.74) is 0. The van der Waals surface area contributed by atoms with Crippen molar-refractivity contribution in [3.05, 3.63) is 0 Å². The van der Waals surface area contributed by atoms with Gasteiger partial charge in [-0.3, -0.25) is 4.99 Å². The van der Waals surface area contributed by atoms with E-state index in [-0.39, 0.29) is 42.6 Å². The van der Waals surface area contributed by atoms with Crippen LogP contribution in [0, 0.1) is 0 Å². The molecule has 2 N–H and O–H groups in total. The van der Waals surface area contributed by atoms with Crippen LogP contribution in [0.1, 0.15) is 6.42 Å². The minimum atomic E-state index is -0.905. The minimum absolute atomic E-state index is 0. The van der Waals surface area contributed by atoms with Crippen LogP contribution in [-0.4, -0.2) is 82.7 Å². The summed E-state index contributed by atoms with van der Waals surface area (Å²) in [5, 5.41) is 17.4. The molecule has 1 aliphatic heterocycles. The molecule has 0 radical (unpaired) electrons. The molecular weight excluding hydrogens is 183 g/mol. The molecule has 0 saturated heterocycles. The molecule has 0 bridgehead atoms. The Morgan fingerprint density at radius 2 is 2.38 bits per heavy atom. The van der Waals surface area contributed by atoms with E-state index in [9.17, 15) is 4.79 Å². The zero-order valence-corrected chi connectivity index (χ0v) is 6.68. The molecule has 0 aliphatic carbocycles. The maximum absolute atomic E-state index is 10.7. The normalized spacial score (nSPS) is 16.8. The fraction of sp³-hybridized carbons (Fsp3) is 0.714. The molecule has 0 aromatic heterocycles. The van der Waals surface area contributed by atoms with Crippen molar-refractivity contribution < 1.29 is 15.0 Å². The van der Waals surface area contributed by atoms with Crippen molar-refractivity contribution in [2.45, 2.75) is 12.5 Å². The number of carbonyl (C=O) groups is 1. The quantitative estimate of drug-likeness (QED) is 0.538. The van der Waals surface area contributed by atoms with E-state index in [2.05, 4.69) is 4.99 Å². The van der Waals surface area contributed by atoms with Crippen LogP contribution >= 0.6 is 0 Å². The molecule has 70 valence electrons. The van der Waals surface area contributed by atoms with Crippen LogP contribution in [0.2, 0.25) is 0 Å². The van der Waals surface area contributed by atoms with Gasteiger partial charge in [0, 0.05) is 19.6 Å². The standard InChI is InChI=1S/C7H12N2O3.Na.H/c10-4-1-6(7(11)12)9-3-2-8-5-9;;/h5-6,10H,1-4H2,(H,11,12);;. The second-order valence-corrected chi connectivity index (χ2v) is 2.63. The molecule has 1 unspecified atom stereocenters. The molecule has 1 atom stereocenters. The molecular formula is C7H13N2NaO3. The molecule has 5 nitrogen and oxygen atoms in total. The van der Waals surface area contributed by atoms with Gasteiger partial charge < -0.3 is 15.1 Å². The van der Waals surface area contributed by atoms with Crippen molar-refractivity contribution in [2.24, 2.45) is 4.99 Å². The first-order chi connectivity index (χ1) is 5.75. The Balaban J connectivity index is 0.00000144. The summed E-state index contributed by atoms with van der Waals surface area (Å²) in [6.07, 6.45) is 1.79. The third kappa shape index (κ3) is 3.64. The van der Waals surface area contributed by atoms with E-state index in [1.54, 1.807) is 4.90 Å². The van der Waals surface area contributed by atoms with E-state index in [0.29, 0.717) is 13.1 Å². The Morgan fingerprint density at radius 3 is 2.77 bits per heavy atom. The van der Waals surface area contributed by atoms with Gasteiger partial charge in [-0.25, -0.2) is 4.79 Å². The van der Waals surface area contributed by atoms with Crippen molar-refractivity contribution in [1.82, 2.24) is 4.90 Å². The molecule has 0 aromatic rings. The molecule has 1 aliphatic rings. The van der Waals surface area contributed by atoms with Gasteiger partial charge in [0.05, 0.1) is 12.9 Å². The van der Waals surface area contributed by atoms with Gasteiger partial charge >= 0.3 is 35.5 Å². The van der Waals surface area contributed by atoms with Crippen LogP contribution in [0.3, 0.4) is 0 Å². The third-order valence-electron chi connectivity index (χ3n) is 1.81. The SMILES string of the molecule is O=C(O)C(CCO)N1C=NCC1.[NaH]. The first-order valence-electron chi connectivity index (χ1n) is 3.85. The van der Waals surface area contributed by atoms with Crippen molar-refractivity contribution in [3.63, 3.8) is 0 Å². The Kier molecular flexibility index (Phi) is 6.32. The Labute approximate surface area is 98.7 Å². The Morgan fingerprint density at radius 1 is 1.69 bits per heavy atom. The second kappa shape index (κ2) is 6.37. The number of aliphatic hydroxyl groups is 1. The van der Waals surface area contributed by atoms with Gasteiger partial charge in [0.1, 0.15) is 6.04 Å². The average molecular weight is 196 g/mol. The summed E-state index contributed by atoms with van der Waals surface area (Å²) < 4.78 is 0. The molecule has 0 spiro atoms. The second-order valence-electron chi connectivity index (χ2n) is 2.63. The number of carboxylic acids is 1. The zero-order valence-electron chi connectivity index (χ0n) is 6.68. The van der Waals surface area contributed by atoms with Gasteiger partial charge in [0.2, 0.25) is 0 Å². The number of hydrogen-bond donors (Lipinski definition) is 2. The molecule has 6 heteroatoms. The van der Waals surface area contributed by atoms with Gasteiger partial charge in [-0.05, 0) is 0 Å². The van der Waals surface area contributed by atoms with E-state index >= 15 is 0 Å². The number of aliphatic imine (C=N–C) groups is 1. The molecule has 0 amide bonds. The van der Waals surface area contributed by atoms with Gasteiger partial charge in [-0.1, -0.05) is 0 Å². The number of rotatable bonds is 4. The van der Waals surface area contributed by atoms with Crippen LogP contribution in [0.5, 0.6) is 0 Å². The number of nitrogens with zero attached hydrogens (tertiary/aromatic N) is 2. The van der Waals surface area contributed by atoms with Crippen molar-refractivity contribution in [1.29, 1.82) is 0 Å². The van der Waals surface area contributed by atoms with Crippen LogP contribution < -0.4 is 0 Å². The van der Waals surface area contributed by atoms with Crippen molar-refractivity contribution >= 4 is 41.9 Å². The maximum atomic E-state index is 10.7. The van der Waals surface area contributed by atoms with Crippen molar-refractivity contribution in [3.8, 4) is 0 Å². The first-order valence-corrected chi connectivity index (χ1v) is 3.85. The summed E-state index contributed by atoms with van der Waals surface area (Å²) in [6.45, 7) is 1.17. The number of hydrogen-bond acceptors (Lipinski definition) is 4. The predicted octanol–water partition coefficient (Wildman–Crippen LogP) is -1.48. The Hall–Kier alpha value is -0.100. The van der Waals surface area contributed by atoms with Gasteiger partial charge in [0.25, 0.3) is 0 Å². The van der Waals surface area contributed by atoms with Crippen LogP contribution in [0.15, 0.2) is 4.99 Å². The van der Waals surface area contributed by atoms with E-state index in [1.807, 2.05) is 0 Å².